The zero-order valence-electron chi connectivity index (χ0n) is 6.02. The second kappa shape index (κ2) is 2.73. The van der Waals surface area contributed by atoms with Crippen molar-refractivity contribution in [3.63, 3.8) is 0 Å². The van der Waals surface area contributed by atoms with Gasteiger partial charge in [-0.15, -0.1) is 0 Å². The van der Waals surface area contributed by atoms with E-state index in [0.29, 0.717) is 11.8 Å². The van der Waals surface area contributed by atoms with Crippen molar-refractivity contribution in [1.29, 1.82) is 0 Å². The Morgan fingerprint density at radius 3 is 2.89 bits per heavy atom. The van der Waals surface area contributed by atoms with Crippen LogP contribution < -0.4 is 0 Å². The van der Waals surface area contributed by atoms with Crippen molar-refractivity contribution in [2.75, 3.05) is 0 Å². The maximum atomic E-state index is 3.18. The highest BCUT2D eigenvalue weighted by molar-refractivity contribution is 5.15. The molecule has 0 amide bonds. The van der Waals surface area contributed by atoms with E-state index in [-0.39, 0.29) is 0 Å². The summed E-state index contributed by atoms with van der Waals surface area (Å²) < 4.78 is 0. The first-order valence-corrected chi connectivity index (χ1v) is 3.47. The van der Waals surface area contributed by atoms with Crippen LogP contribution in [0.1, 0.15) is 20.3 Å². The molecule has 0 aromatic carbocycles. The van der Waals surface area contributed by atoms with Crippen molar-refractivity contribution >= 4 is 0 Å². The molecule has 0 spiro atoms. The van der Waals surface area contributed by atoms with Crippen molar-refractivity contribution < 1.29 is 0 Å². The van der Waals surface area contributed by atoms with Crippen molar-refractivity contribution in [3.05, 3.63) is 12.2 Å². The first-order chi connectivity index (χ1) is 4.29. The number of rotatable bonds is 0. The Balaban J connectivity index is 2.65. The van der Waals surface area contributed by atoms with Gasteiger partial charge in [0.05, 0.1) is 0 Å². The van der Waals surface area contributed by atoms with Gasteiger partial charge in [0.25, 0.3) is 0 Å². The molecule has 0 N–H and O–H groups in total. The first kappa shape index (κ1) is 6.42. The van der Waals surface area contributed by atoms with Crippen LogP contribution in [-0.4, -0.2) is 0 Å². The van der Waals surface area contributed by atoms with Gasteiger partial charge in [0.15, 0.2) is 0 Å². The standard InChI is InChI=1S/C9H12/c1-8-4-3-5-9(2)7-6-8/h3-4,8-9H,5H2,1-2H3. The summed E-state index contributed by atoms with van der Waals surface area (Å²) in [7, 11) is 0. The Bertz CT molecular complexity index is 166. The minimum atomic E-state index is 0.468. The van der Waals surface area contributed by atoms with E-state index < -0.39 is 0 Å². The summed E-state index contributed by atoms with van der Waals surface area (Å²) in [5, 5.41) is 0. The van der Waals surface area contributed by atoms with E-state index in [2.05, 4.69) is 37.8 Å². The monoisotopic (exact) mass is 120 g/mol. The van der Waals surface area contributed by atoms with Crippen LogP contribution in [0, 0.1) is 23.7 Å². The van der Waals surface area contributed by atoms with Gasteiger partial charge in [0.2, 0.25) is 0 Å². The highest BCUT2D eigenvalue weighted by atomic mass is 14.0. The van der Waals surface area contributed by atoms with Crippen molar-refractivity contribution in [3.8, 4) is 11.8 Å². The molecule has 48 valence electrons. The molecule has 0 bridgehead atoms. The number of hydrogen-bond acceptors (Lipinski definition) is 0. The molecule has 0 radical (unpaired) electrons. The van der Waals surface area contributed by atoms with Gasteiger partial charge in [-0.3, -0.25) is 0 Å². The third-order valence-electron chi connectivity index (χ3n) is 1.47. The summed E-state index contributed by atoms with van der Waals surface area (Å²) in [6.07, 6.45) is 5.51. The highest BCUT2D eigenvalue weighted by Gasteiger charge is 1.97. The van der Waals surface area contributed by atoms with Crippen LogP contribution in [0.4, 0.5) is 0 Å². The molecule has 9 heavy (non-hydrogen) atoms. The van der Waals surface area contributed by atoms with E-state index in [1.165, 1.54) is 0 Å². The molecule has 0 nitrogen and oxygen atoms in total. The van der Waals surface area contributed by atoms with Gasteiger partial charge >= 0.3 is 0 Å². The third kappa shape index (κ3) is 1.93. The van der Waals surface area contributed by atoms with Crippen LogP contribution >= 0.6 is 0 Å². The lowest BCUT2D eigenvalue weighted by Gasteiger charge is -1.92. The van der Waals surface area contributed by atoms with Crippen LogP contribution in [0.3, 0.4) is 0 Å². The maximum absolute atomic E-state index is 3.18. The Hall–Kier alpha value is -0.700. The molecule has 0 aromatic heterocycles. The fraction of sp³-hybridized carbons (Fsp3) is 0.556. The van der Waals surface area contributed by atoms with Crippen LogP contribution in [-0.2, 0) is 0 Å². The van der Waals surface area contributed by atoms with E-state index >= 15 is 0 Å². The molecular weight excluding hydrogens is 108 g/mol. The smallest absolute Gasteiger partial charge is 0.0354 e. The number of hydrogen-bond donors (Lipinski definition) is 0. The van der Waals surface area contributed by atoms with Crippen molar-refractivity contribution in [2.24, 2.45) is 11.8 Å². The Kier molecular flexibility index (Phi) is 1.95. The number of allylic oxidation sites excluding steroid dienone is 2. The van der Waals surface area contributed by atoms with Crippen LogP contribution in [0.5, 0.6) is 0 Å². The van der Waals surface area contributed by atoms with Crippen LogP contribution in [0.25, 0.3) is 0 Å². The molecule has 0 aliphatic heterocycles. The Morgan fingerprint density at radius 1 is 1.33 bits per heavy atom. The molecule has 0 heterocycles. The van der Waals surface area contributed by atoms with Gasteiger partial charge in [0, 0.05) is 11.8 Å². The molecule has 0 saturated carbocycles. The molecule has 1 aliphatic carbocycles. The summed E-state index contributed by atoms with van der Waals surface area (Å²) >= 11 is 0. The maximum Gasteiger partial charge on any atom is 0.0354 e. The van der Waals surface area contributed by atoms with E-state index in [1.807, 2.05) is 0 Å². The lowest BCUT2D eigenvalue weighted by atomic mass is 10.1. The average Bonchev–Trinajstić information content (AvgIpc) is 1.97. The topological polar surface area (TPSA) is 0 Å². The summed E-state index contributed by atoms with van der Waals surface area (Å²) in [5.74, 6) is 7.37. The van der Waals surface area contributed by atoms with Gasteiger partial charge < -0.3 is 0 Å². The van der Waals surface area contributed by atoms with E-state index in [4.69, 9.17) is 0 Å². The normalized spacial score (nSPS) is 32.7. The molecule has 1 rings (SSSR count). The molecule has 2 unspecified atom stereocenters. The van der Waals surface area contributed by atoms with Gasteiger partial charge in [-0.2, -0.15) is 0 Å². The molecular formula is C9H12. The summed E-state index contributed by atoms with van der Waals surface area (Å²) in [6, 6.07) is 0. The molecule has 0 aromatic rings. The SMILES string of the molecule is CC1C#CC(C)CC=C1. The second-order valence-corrected chi connectivity index (χ2v) is 2.64. The molecule has 0 heteroatoms. The minimum absolute atomic E-state index is 0.468. The zero-order chi connectivity index (χ0) is 6.69. The van der Waals surface area contributed by atoms with Crippen LogP contribution in [0.2, 0.25) is 0 Å². The first-order valence-electron chi connectivity index (χ1n) is 3.47. The van der Waals surface area contributed by atoms with Crippen molar-refractivity contribution in [1.82, 2.24) is 0 Å². The van der Waals surface area contributed by atoms with Gasteiger partial charge in [0.1, 0.15) is 0 Å². The minimum Gasteiger partial charge on any atom is -0.0993 e. The predicted octanol–water partition coefficient (Wildman–Crippen LogP) is 2.22. The Morgan fingerprint density at radius 2 is 2.11 bits per heavy atom. The molecule has 1 aliphatic rings. The largest absolute Gasteiger partial charge is 0.0993 e. The highest BCUT2D eigenvalue weighted by Crippen LogP contribution is 2.07. The Labute approximate surface area is 57.0 Å². The molecule has 0 saturated heterocycles. The van der Waals surface area contributed by atoms with E-state index in [9.17, 15) is 0 Å². The third-order valence-corrected chi connectivity index (χ3v) is 1.47. The van der Waals surface area contributed by atoms with Crippen LogP contribution in [0.15, 0.2) is 12.2 Å². The van der Waals surface area contributed by atoms with E-state index in [0.717, 1.165) is 6.42 Å². The summed E-state index contributed by atoms with van der Waals surface area (Å²) in [4.78, 5) is 0. The average molecular weight is 120 g/mol. The molecule has 0 fully saturated rings. The van der Waals surface area contributed by atoms with Gasteiger partial charge in [-0.05, 0) is 13.3 Å². The summed E-state index contributed by atoms with van der Waals surface area (Å²) in [5.41, 5.74) is 0. The molecule has 2 atom stereocenters. The van der Waals surface area contributed by atoms with E-state index in [1.54, 1.807) is 0 Å². The summed E-state index contributed by atoms with van der Waals surface area (Å²) in [6.45, 7) is 4.29. The lowest BCUT2D eigenvalue weighted by molar-refractivity contribution is 0.775. The second-order valence-electron chi connectivity index (χ2n) is 2.64. The fourth-order valence-corrected chi connectivity index (χ4v) is 0.868. The van der Waals surface area contributed by atoms with Gasteiger partial charge in [-0.1, -0.05) is 30.9 Å². The zero-order valence-corrected chi connectivity index (χ0v) is 6.02. The predicted molar refractivity (Wildman–Crippen MR) is 39.9 cm³/mol. The lowest BCUT2D eigenvalue weighted by Crippen LogP contribution is -1.84. The fourth-order valence-electron chi connectivity index (χ4n) is 0.868. The van der Waals surface area contributed by atoms with Crippen molar-refractivity contribution in [2.45, 2.75) is 20.3 Å². The van der Waals surface area contributed by atoms with Gasteiger partial charge in [-0.25, -0.2) is 0 Å². The quantitative estimate of drug-likeness (QED) is 0.339.